The van der Waals surface area contributed by atoms with Crippen LogP contribution in [0.4, 0.5) is 17.6 Å². The highest BCUT2D eigenvalue weighted by atomic mass is 19.4. The van der Waals surface area contributed by atoms with Crippen molar-refractivity contribution in [2.45, 2.75) is 19.2 Å². The molecule has 0 radical (unpaired) electrons. The molecule has 0 aliphatic rings. The van der Waals surface area contributed by atoms with Gasteiger partial charge in [-0.15, -0.1) is 13.2 Å². The van der Waals surface area contributed by atoms with Crippen molar-refractivity contribution in [2.24, 2.45) is 0 Å². The van der Waals surface area contributed by atoms with Crippen molar-refractivity contribution in [2.75, 3.05) is 21.3 Å². The van der Waals surface area contributed by atoms with Crippen LogP contribution < -0.4 is 18.9 Å². The van der Waals surface area contributed by atoms with Crippen molar-refractivity contribution >= 4 is 0 Å². The van der Waals surface area contributed by atoms with Gasteiger partial charge in [-0.3, -0.25) is 0 Å². The van der Waals surface area contributed by atoms with E-state index in [0.717, 1.165) is 12.1 Å². The summed E-state index contributed by atoms with van der Waals surface area (Å²) in [6.07, 6.45) is -4.95. The number of halogens is 4. The van der Waals surface area contributed by atoms with Gasteiger partial charge in [-0.2, -0.15) is 0 Å². The monoisotopic (exact) mass is 374 g/mol. The third kappa shape index (κ3) is 4.30. The second-order valence-electron chi connectivity index (χ2n) is 5.42. The number of ether oxygens (including phenoxy) is 4. The second kappa shape index (κ2) is 7.72. The molecule has 8 heteroatoms. The highest BCUT2D eigenvalue weighted by Gasteiger charge is 2.32. The Morgan fingerprint density at radius 3 is 1.81 bits per heavy atom. The Bertz CT molecular complexity index is 749. The van der Waals surface area contributed by atoms with E-state index in [4.69, 9.17) is 14.2 Å². The summed E-state index contributed by atoms with van der Waals surface area (Å²) in [5.41, 5.74) is 1.18. The fraction of sp³-hybridized carbons (Fsp3) is 0.333. The van der Waals surface area contributed by atoms with Crippen LogP contribution >= 0.6 is 0 Å². The lowest BCUT2D eigenvalue weighted by Crippen LogP contribution is -2.18. The van der Waals surface area contributed by atoms with E-state index in [0.29, 0.717) is 28.4 Å². The summed E-state index contributed by atoms with van der Waals surface area (Å²) in [5, 5.41) is 0. The molecule has 0 saturated carbocycles. The van der Waals surface area contributed by atoms with E-state index in [1.807, 2.05) is 0 Å². The van der Waals surface area contributed by atoms with Gasteiger partial charge in [0.15, 0.2) is 23.1 Å². The molecule has 0 N–H and O–H groups in total. The largest absolute Gasteiger partial charge is 0.573 e. The van der Waals surface area contributed by atoms with Gasteiger partial charge in [-0.05, 0) is 35.4 Å². The fourth-order valence-corrected chi connectivity index (χ4v) is 2.54. The molecule has 0 amide bonds. The van der Waals surface area contributed by atoms with Crippen LogP contribution in [0.1, 0.15) is 24.0 Å². The topological polar surface area (TPSA) is 36.9 Å². The SMILES string of the molecule is COc1cc(C(C)c2ccc(OC(F)(F)F)c(F)c2)cc(OC)c1OC. The summed E-state index contributed by atoms with van der Waals surface area (Å²) < 4.78 is 70.2. The van der Waals surface area contributed by atoms with E-state index in [2.05, 4.69) is 4.74 Å². The number of benzene rings is 2. The zero-order chi connectivity index (χ0) is 19.5. The van der Waals surface area contributed by atoms with E-state index in [1.165, 1.54) is 27.4 Å². The molecule has 0 saturated heterocycles. The highest BCUT2D eigenvalue weighted by Crippen LogP contribution is 2.41. The van der Waals surface area contributed by atoms with Crippen molar-refractivity contribution in [1.82, 2.24) is 0 Å². The Morgan fingerprint density at radius 1 is 0.808 bits per heavy atom. The second-order valence-corrected chi connectivity index (χ2v) is 5.42. The Hall–Kier alpha value is -2.64. The Morgan fingerprint density at radius 2 is 1.38 bits per heavy atom. The van der Waals surface area contributed by atoms with Gasteiger partial charge in [-0.25, -0.2) is 4.39 Å². The van der Waals surface area contributed by atoms with Gasteiger partial charge < -0.3 is 18.9 Å². The first-order valence-electron chi connectivity index (χ1n) is 7.55. The van der Waals surface area contributed by atoms with Crippen LogP contribution in [-0.4, -0.2) is 27.7 Å². The third-order valence-electron chi connectivity index (χ3n) is 3.87. The molecule has 1 atom stereocenters. The maximum absolute atomic E-state index is 14.0. The van der Waals surface area contributed by atoms with E-state index < -0.39 is 17.9 Å². The summed E-state index contributed by atoms with van der Waals surface area (Å²) in [6, 6.07) is 6.73. The maximum Gasteiger partial charge on any atom is 0.573 e. The molecule has 0 fully saturated rings. The quantitative estimate of drug-likeness (QED) is 0.674. The average Bonchev–Trinajstić information content (AvgIpc) is 2.60. The van der Waals surface area contributed by atoms with Crippen molar-refractivity contribution in [3.63, 3.8) is 0 Å². The maximum atomic E-state index is 14.0. The van der Waals surface area contributed by atoms with Crippen molar-refractivity contribution in [3.05, 3.63) is 47.3 Å². The molecular weight excluding hydrogens is 356 g/mol. The van der Waals surface area contributed by atoms with Gasteiger partial charge in [0.2, 0.25) is 5.75 Å². The Balaban J connectivity index is 2.40. The van der Waals surface area contributed by atoms with E-state index in [1.54, 1.807) is 19.1 Å². The predicted octanol–water partition coefficient (Wildman–Crippen LogP) is 4.90. The molecule has 2 aromatic rings. The molecule has 0 heterocycles. The predicted molar refractivity (Wildman–Crippen MR) is 86.7 cm³/mol. The van der Waals surface area contributed by atoms with Crippen LogP contribution in [0, 0.1) is 5.82 Å². The van der Waals surface area contributed by atoms with Crippen LogP contribution in [0.25, 0.3) is 0 Å². The minimum atomic E-state index is -4.95. The van der Waals surface area contributed by atoms with Crippen LogP contribution in [0.2, 0.25) is 0 Å². The first-order chi connectivity index (χ1) is 12.2. The summed E-state index contributed by atoms with van der Waals surface area (Å²) in [5.74, 6) is -1.07. The van der Waals surface area contributed by atoms with Gasteiger partial charge in [0.05, 0.1) is 21.3 Å². The summed E-state index contributed by atoms with van der Waals surface area (Å²) >= 11 is 0. The average molecular weight is 374 g/mol. The number of hydrogen-bond acceptors (Lipinski definition) is 4. The Labute approximate surface area is 148 Å². The van der Waals surface area contributed by atoms with Crippen LogP contribution in [0.3, 0.4) is 0 Å². The zero-order valence-electron chi connectivity index (χ0n) is 14.6. The summed E-state index contributed by atoms with van der Waals surface area (Å²) in [4.78, 5) is 0. The number of methoxy groups -OCH3 is 3. The number of hydrogen-bond donors (Lipinski definition) is 0. The fourth-order valence-electron chi connectivity index (χ4n) is 2.54. The van der Waals surface area contributed by atoms with Crippen LogP contribution in [0.15, 0.2) is 30.3 Å². The lowest BCUT2D eigenvalue weighted by atomic mass is 9.92. The molecule has 0 aliphatic carbocycles. The highest BCUT2D eigenvalue weighted by molar-refractivity contribution is 5.55. The molecule has 2 rings (SSSR count). The van der Waals surface area contributed by atoms with Crippen molar-refractivity contribution in [3.8, 4) is 23.0 Å². The Kier molecular flexibility index (Phi) is 5.84. The van der Waals surface area contributed by atoms with Crippen LogP contribution in [0.5, 0.6) is 23.0 Å². The lowest BCUT2D eigenvalue weighted by molar-refractivity contribution is -0.275. The molecule has 0 bridgehead atoms. The molecule has 0 spiro atoms. The van der Waals surface area contributed by atoms with E-state index >= 15 is 0 Å². The molecule has 142 valence electrons. The smallest absolute Gasteiger partial charge is 0.493 e. The number of rotatable bonds is 6. The van der Waals surface area contributed by atoms with Gasteiger partial charge >= 0.3 is 6.36 Å². The minimum absolute atomic E-state index is 0.349. The van der Waals surface area contributed by atoms with Crippen molar-refractivity contribution in [1.29, 1.82) is 0 Å². The van der Waals surface area contributed by atoms with Gasteiger partial charge in [0.1, 0.15) is 0 Å². The first kappa shape index (κ1) is 19.7. The summed E-state index contributed by atoms with van der Waals surface area (Å²) in [7, 11) is 4.40. The number of alkyl halides is 3. The third-order valence-corrected chi connectivity index (χ3v) is 3.87. The van der Waals surface area contributed by atoms with Gasteiger partial charge in [0, 0.05) is 5.92 Å². The van der Waals surface area contributed by atoms with Gasteiger partial charge in [-0.1, -0.05) is 13.0 Å². The first-order valence-corrected chi connectivity index (χ1v) is 7.55. The normalized spacial score (nSPS) is 12.5. The molecule has 0 aromatic heterocycles. The van der Waals surface area contributed by atoms with E-state index in [-0.39, 0.29) is 5.92 Å². The molecule has 26 heavy (non-hydrogen) atoms. The van der Waals surface area contributed by atoms with Gasteiger partial charge in [0.25, 0.3) is 0 Å². The molecule has 1 unspecified atom stereocenters. The minimum Gasteiger partial charge on any atom is -0.493 e. The lowest BCUT2D eigenvalue weighted by Gasteiger charge is -2.18. The molecule has 4 nitrogen and oxygen atoms in total. The summed E-state index contributed by atoms with van der Waals surface area (Å²) in [6.45, 7) is 1.78. The molecule has 0 aliphatic heterocycles. The molecular formula is C18H18F4O4. The standard InChI is InChI=1S/C18H18F4O4/c1-10(11-5-6-14(13(19)7-11)26-18(20,21)22)12-8-15(23-2)17(25-4)16(9-12)24-3/h5-10H,1-4H3. The van der Waals surface area contributed by atoms with Crippen molar-refractivity contribution < 1.29 is 36.5 Å². The van der Waals surface area contributed by atoms with Crippen LogP contribution in [-0.2, 0) is 0 Å². The zero-order valence-corrected chi connectivity index (χ0v) is 14.6. The van der Waals surface area contributed by atoms with E-state index in [9.17, 15) is 17.6 Å². The molecule has 2 aromatic carbocycles.